The molecule has 26 heavy (non-hydrogen) atoms. The maximum Gasteiger partial charge on any atom is 0.178 e. The minimum Gasteiger partial charge on any atom is -0.364 e. The van der Waals surface area contributed by atoms with Crippen molar-refractivity contribution in [2.45, 2.75) is 64.8 Å². The van der Waals surface area contributed by atoms with Gasteiger partial charge in [-0.2, -0.15) is 0 Å². The van der Waals surface area contributed by atoms with Crippen LogP contribution in [0.1, 0.15) is 47.0 Å². The van der Waals surface area contributed by atoms with E-state index >= 15 is 4.39 Å². The number of halogens is 1. The van der Waals surface area contributed by atoms with Crippen LogP contribution in [-0.4, -0.2) is 29.4 Å². The molecule has 4 heteroatoms. The van der Waals surface area contributed by atoms with Gasteiger partial charge >= 0.3 is 0 Å². The van der Waals surface area contributed by atoms with Crippen LogP contribution in [0, 0.1) is 34.5 Å². The minimum absolute atomic E-state index is 0.0426. The molecule has 3 saturated carbocycles. The van der Waals surface area contributed by atoms with Crippen molar-refractivity contribution in [2.24, 2.45) is 34.5 Å². The molecule has 0 aromatic rings. The average Bonchev–Trinajstić information content (AvgIpc) is 3.19. The highest BCUT2D eigenvalue weighted by atomic mass is 19.1. The zero-order valence-electron chi connectivity index (χ0n) is 15.9. The van der Waals surface area contributed by atoms with E-state index in [-0.39, 0.29) is 34.9 Å². The van der Waals surface area contributed by atoms with Crippen molar-refractivity contribution in [3.05, 3.63) is 23.8 Å². The standard InChI is InChI=1S/C22H27FO3/c1-11-7-14-15-9-17(23)16-8-13(25)5-6-21(16,4)22(15)18(26-22)10-20(14,3)19(11)12(2)24/h5-6,8,11,14-15,17-19H,7,9-10H2,1-4H3/t11-,14-,15-,17-,18-,19+,20-,21-,22+/m0/s1. The molecule has 1 aliphatic heterocycles. The van der Waals surface area contributed by atoms with Gasteiger partial charge < -0.3 is 4.74 Å². The summed E-state index contributed by atoms with van der Waals surface area (Å²) in [5, 5.41) is 0. The lowest BCUT2D eigenvalue weighted by Gasteiger charge is -2.55. The lowest BCUT2D eigenvalue weighted by Crippen LogP contribution is -2.59. The van der Waals surface area contributed by atoms with Crippen LogP contribution in [0.3, 0.4) is 0 Å². The van der Waals surface area contributed by atoms with Gasteiger partial charge in [0.15, 0.2) is 5.78 Å². The van der Waals surface area contributed by atoms with Gasteiger partial charge in [0.1, 0.15) is 17.6 Å². The van der Waals surface area contributed by atoms with Crippen LogP contribution in [0.4, 0.5) is 4.39 Å². The smallest absolute Gasteiger partial charge is 0.178 e. The summed E-state index contributed by atoms with van der Waals surface area (Å²) in [6, 6.07) is 0. The molecule has 1 spiro atoms. The van der Waals surface area contributed by atoms with E-state index in [1.165, 1.54) is 6.08 Å². The van der Waals surface area contributed by atoms with E-state index in [4.69, 9.17) is 4.74 Å². The molecule has 0 unspecified atom stereocenters. The van der Waals surface area contributed by atoms with Gasteiger partial charge in [0, 0.05) is 11.3 Å². The Morgan fingerprint density at radius 1 is 1.27 bits per heavy atom. The molecule has 4 aliphatic carbocycles. The molecular formula is C22H27FO3. The van der Waals surface area contributed by atoms with E-state index in [1.807, 2.05) is 13.0 Å². The van der Waals surface area contributed by atoms with Crippen molar-refractivity contribution in [3.8, 4) is 0 Å². The van der Waals surface area contributed by atoms with Gasteiger partial charge in [0.25, 0.3) is 0 Å². The number of ether oxygens (including phenoxy) is 1. The number of carbonyl (C=O) groups excluding carboxylic acids is 2. The van der Waals surface area contributed by atoms with Gasteiger partial charge in [-0.1, -0.05) is 19.9 Å². The second-order valence-electron chi connectivity index (χ2n) is 9.86. The van der Waals surface area contributed by atoms with Crippen LogP contribution in [-0.2, 0) is 14.3 Å². The van der Waals surface area contributed by atoms with E-state index in [0.717, 1.165) is 12.8 Å². The average molecular weight is 358 g/mol. The van der Waals surface area contributed by atoms with Gasteiger partial charge in [0.05, 0.1) is 6.10 Å². The van der Waals surface area contributed by atoms with Crippen LogP contribution in [0.2, 0.25) is 0 Å². The molecule has 0 aromatic carbocycles. The molecule has 3 nitrogen and oxygen atoms in total. The molecule has 5 rings (SSSR count). The summed E-state index contributed by atoms with van der Waals surface area (Å²) in [5.74, 6) is 0.919. The summed E-state index contributed by atoms with van der Waals surface area (Å²) < 4.78 is 21.7. The van der Waals surface area contributed by atoms with Gasteiger partial charge in [-0.05, 0) is 74.0 Å². The molecule has 1 heterocycles. The molecule has 9 atom stereocenters. The number of hydrogen-bond acceptors (Lipinski definition) is 3. The van der Waals surface area contributed by atoms with Crippen molar-refractivity contribution in [1.29, 1.82) is 0 Å². The van der Waals surface area contributed by atoms with Crippen LogP contribution >= 0.6 is 0 Å². The van der Waals surface area contributed by atoms with E-state index in [0.29, 0.717) is 23.8 Å². The molecular weight excluding hydrogens is 331 g/mol. The number of Topliss-reactive ketones (excluding diaryl/α,β-unsaturated/α-hetero) is 1. The Balaban J connectivity index is 1.62. The third-order valence-corrected chi connectivity index (χ3v) is 8.70. The number of alkyl halides is 1. The maximum absolute atomic E-state index is 15.3. The molecule has 1 saturated heterocycles. The van der Waals surface area contributed by atoms with E-state index in [1.54, 1.807) is 13.0 Å². The lowest BCUT2D eigenvalue weighted by molar-refractivity contribution is -0.127. The largest absolute Gasteiger partial charge is 0.364 e. The fourth-order valence-electron chi connectivity index (χ4n) is 7.87. The zero-order valence-corrected chi connectivity index (χ0v) is 15.9. The number of fused-ring (bicyclic) bond motifs is 3. The Hall–Kier alpha value is -1.29. The predicted molar refractivity (Wildman–Crippen MR) is 95.1 cm³/mol. The fraction of sp³-hybridized carbons (Fsp3) is 0.727. The number of ketones is 2. The number of carbonyl (C=O) groups is 2. The van der Waals surface area contributed by atoms with Crippen LogP contribution in [0.5, 0.6) is 0 Å². The third kappa shape index (κ3) is 1.68. The van der Waals surface area contributed by atoms with E-state index in [2.05, 4.69) is 13.8 Å². The summed E-state index contributed by atoms with van der Waals surface area (Å²) in [5.41, 5.74) is -0.450. The van der Waals surface area contributed by atoms with E-state index in [9.17, 15) is 9.59 Å². The quantitative estimate of drug-likeness (QED) is 0.670. The molecule has 0 radical (unpaired) electrons. The van der Waals surface area contributed by atoms with E-state index < -0.39 is 17.2 Å². The lowest BCUT2D eigenvalue weighted by atomic mass is 9.47. The van der Waals surface area contributed by atoms with Gasteiger partial charge in [-0.15, -0.1) is 0 Å². The molecule has 0 bridgehead atoms. The summed E-state index contributed by atoms with van der Waals surface area (Å²) in [6.45, 7) is 8.17. The Bertz CT molecular complexity index is 784. The summed E-state index contributed by atoms with van der Waals surface area (Å²) in [6.07, 6.45) is 6.16. The van der Waals surface area contributed by atoms with Crippen LogP contribution in [0.15, 0.2) is 23.8 Å². The van der Waals surface area contributed by atoms with Crippen LogP contribution < -0.4 is 0 Å². The van der Waals surface area contributed by atoms with Gasteiger partial charge in [-0.25, -0.2) is 4.39 Å². The SMILES string of the molecule is CC(=O)[C@H]1[C@@H](C)C[C@H]2[C@@H]3C[C@H](F)C4=CC(=O)C=C[C@]4(C)[C@@]34O[C@H]4C[C@@]21C. The normalized spacial score (nSPS) is 56.8. The van der Waals surface area contributed by atoms with Crippen LogP contribution in [0.25, 0.3) is 0 Å². The highest BCUT2D eigenvalue weighted by Crippen LogP contribution is 2.76. The number of allylic oxidation sites excluding steroid dienone is 2. The molecule has 5 aliphatic rings. The maximum atomic E-state index is 15.3. The monoisotopic (exact) mass is 358 g/mol. The number of hydrogen-bond donors (Lipinski definition) is 0. The minimum atomic E-state index is -1.11. The summed E-state index contributed by atoms with van der Waals surface area (Å²) >= 11 is 0. The van der Waals surface area contributed by atoms with Crippen molar-refractivity contribution >= 4 is 11.6 Å². The van der Waals surface area contributed by atoms with Crippen molar-refractivity contribution in [3.63, 3.8) is 0 Å². The topological polar surface area (TPSA) is 46.7 Å². The Kier molecular flexibility index (Phi) is 3.08. The van der Waals surface area contributed by atoms with Gasteiger partial charge in [0.2, 0.25) is 0 Å². The molecule has 0 N–H and O–H groups in total. The molecule has 4 fully saturated rings. The number of epoxide rings is 1. The highest BCUT2D eigenvalue weighted by Gasteiger charge is 2.80. The van der Waals surface area contributed by atoms with Crippen molar-refractivity contribution < 1.29 is 18.7 Å². The first-order chi connectivity index (χ1) is 12.1. The Morgan fingerprint density at radius 2 is 2.00 bits per heavy atom. The Morgan fingerprint density at radius 3 is 2.69 bits per heavy atom. The van der Waals surface area contributed by atoms with Crippen molar-refractivity contribution in [2.75, 3.05) is 0 Å². The molecule has 0 aromatic heterocycles. The zero-order chi connectivity index (χ0) is 18.6. The summed E-state index contributed by atoms with van der Waals surface area (Å²) in [7, 11) is 0. The number of rotatable bonds is 1. The first-order valence-corrected chi connectivity index (χ1v) is 9.93. The third-order valence-electron chi connectivity index (χ3n) is 8.70. The van der Waals surface area contributed by atoms with Crippen molar-refractivity contribution in [1.82, 2.24) is 0 Å². The summed E-state index contributed by atoms with van der Waals surface area (Å²) in [4.78, 5) is 24.3. The second kappa shape index (κ2) is 4.76. The molecule has 0 amide bonds. The fourth-order valence-corrected chi connectivity index (χ4v) is 7.87. The first-order valence-electron chi connectivity index (χ1n) is 9.93. The first kappa shape index (κ1) is 16.9. The Labute approximate surface area is 154 Å². The van der Waals surface area contributed by atoms with Gasteiger partial charge in [-0.3, -0.25) is 9.59 Å². The second-order valence-corrected chi connectivity index (χ2v) is 9.86. The predicted octanol–water partition coefficient (Wildman–Crippen LogP) is 3.82. The highest BCUT2D eigenvalue weighted by molar-refractivity contribution is 6.01. The molecule has 140 valence electrons.